The fourth-order valence-corrected chi connectivity index (χ4v) is 2.96. The van der Waals surface area contributed by atoms with E-state index in [4.69, 9.17) is 11.6 Å². The highest BCUT2D eigenvalue weighted by Crippen LogP contribution is 2.18. The number of carbonyl (C=O) groups excluding carboxylic acids is 2. The van der Waals surface area contributed by atoms with E-state index in [-0.39, 0.29) is 16.8 Å². The summed E-state index contributed by atoms with van der Waals surface area (Å²) >= 11 is 5.78. The molecular weight excluding hydrogens is 345 g/mol. The highest BCUT2D eigenvalue weighted by molar-refractivity contribution is 6.31. The van der Waals surface area contributed by atoms with E-state index in [1.165, 1.54) is 18.2 Å². The molecule has 0 radical (unpaired) electrons. The Kier molecular flexibility index (Phi) is 7.65. The molecule has 1 fully saturated rings. The van der Waals surface area contributed by atoms with Crippen LogP contribution in [0.1, 0.15) is 36.5 Å². The number of hydrogen-bond donors (Lipinski definition) is 1. The van der Waals surface area contributed by atoms with E-state index in [1.54, 1.807) is 4.90 Å². The number of piperazine rings is 1. The van der Waals surface area contributed by atoms with Crippen molar-refractivity contribution in [3.63, 3.8) is 0 Å². The molecule has 1 aromatic rings. The lowest BCUT2D eigenvalue weighted by atomic mass is 10.1. The Balaban J connectivity index is 2.00. The van der Waals surface area contributed by atoms with Crippen LogP contribution in [-0.2, 0) is 4.79 Å². The summed E-state index contributed by atoms with van der Waals surface area (Å²) in [4.78, 5) is 28.5. The maximum Gasteiger partial charge on any atom is 0.253 e. The zero-order valence-corrected chi connectivity index (χ0v) is 15.3. The van der Waals surface area contributed by atoms with Gasteiger partial charge in [0.25, 0.3) is 5.91 Å². The summed E-state index contributed by atoms with van der Waals surface area (Å²) in [5, 5.41) is 3.14. The molecule has 1 aliphatic rings. The zero-order valence-electron chi connectivity index (χ0n) is 14.6. The molecule has 0 bridgehead atoms. The van der Waals surface area contributed by atoms with Crippen LogP contribution in [0.4, 0.5) is 4.39 Å². The van der Waals surface area contributed by atoms with Crippen LogP contribution in [0.15, 0.2) is 18.2 Å². The lowest BCUT2D eigenvalue weighted by Crippen LogP contribution is -2.47. The lowest BCUT2D eigenvalue weighted by molar-refractivity contribution is -0.131. The van der Waals surface area contributed by atoms with E-state index in [1.807, 2.05) is 11.8 Å². The second kappa shape index (κ2) is 9.73. The van der Waals surface area contributed by atoms with Crippen molar-refractivity contribution in [2.45, 2.75) is 26.2 Å². The molecule has 7 heteroatoms. The molecule has 2 amide bonds. The van der Waals surface area contributed by atoms with Gasteiger partial charge < -0.3 is 15.1 Å². The Morgan fingerprint density at radius 3 is 2.64 bits per heavy atom. The van der Waals surface area contributed by atoms with Crippen molar-refractivity contribution < 1.29 is 14.0 Å². The first-order valence-electron chi connectivity index (χ1n) is 8.75. The first-order chi connectivity index (χ1) is 12.0. The van der Waals surface area contributed by atoms with Gasteiger partial charge in [0.05, 0.1) is 5.02 Å². The molecule has 0 aliphatic carbocycles. The van der Waals surface area contributed by atoms with Crippen LogP contribution in [0.5, 0.6) is 0 Å². The Morgan fingerprint density at radius 2 is 2.00 bits per heavy atom. The van der Waals surface area contributed by atoms with Gasteiger partial charge in [0.15, 0.2) is 0 Å². The van der Waals surface area contributed by atoms with Gasteiger partial charge in [0.2, 0.25) is 5.91 Å². The van der Waals surface area contributed by atoms with Gasteiger partial charge in [0, 0.05) is 51.3 Å². The Morgan fingerprint density at radius 1 is 1.28 bits per heavy atom. The first-order valence-corrected chi connectivity index (χ1v) is 9.13. The second-order valence-corrected chi connectivity index (χ2v) is 6.56. The van der Waals surface area contributed by atoms with Crippen molar-refractivity contribution >= 4 is 23.4 Å². The maximum atomic E-state index is 13.3. The molecule has 1 aromatic carbocycles. The van der Waals surface area contributed by atoms with Gasteiger partial charge in [0.1, 0.15) is 5.82 Å². The molecule has 0 unspecified atom stereocenters. The number of nitrogens with zero attached hydrogens (tertiary/aromatic N) is 2. The molecule has 0 aromatic heterocycles. The molecule has 25 heavy (non-hydrogen) atoms. The smallest absolute Gasteiger partial charge is 0.253 e. The van der Waals surface area contributed by atoms with Crippen molar-refractivity contribution in [1.29, 1.82) is 0 Å². The van der Waals surface area contributed by atoms with Gasteiger partial charge >= 0.3 is 0 Å². The number of rotatable bonds is 7. The van der Waals surface area contributed by atoms with Crippen LogP contribution in [0, 0.1) is 5.82 Å². The largest absolute Gasteiger partial charge is 0.340 e. The van der Waals surface area contributed by atoms with Gasteiger partial charge in [-0.3, -0.25) is 9.59 Å². The quantitative estimate of drug-likeness (QED) is 0.803. The van der Waals surface area contributed by atoms with Crippen LogP contribution >= 0.6 is 11.6 Å². The minimum Gasteiger partial charge on any atom is -0.340 e. The van der Waals surface area contributed by atoms with Gasteiger partial charge in [-0.25, -0.2) is 4.39 Å². The average molecular weight is 370 g/mol. The van der Waals surface area contributed by atoms with E-state index in [9.17, 15) is 14.0 Å². The molecule has 138 valence electrons. The zero-order chi connectivity index (χ0) is 18.2. The monoisotopic (exact) mass is 369 g/mol. The van der Waals surface area contributed by atoms with Crippen molar-refractivity contribution in [3.8, 4) is 0 Å². The molecule has 5 nitrogen and oxygen atoms in total. The number of unbranched alkanes of at least 4 members (excludes halogenated alkanes) is 1. The van der Waals surface area contributed by atoms with Crippen LogP contribution in [0.3, 0.4) is 0 Å². The lowest BCUT2D eigenvalue weighted by Gasteiger charge is -2.29. The molecular formula is C18H25ClFN3O2. The summed E-state index contributed by atoms with van der Waals surface area (Å²) in [6, 6.07) is 3.97. The Bertz CT molecular complexity index is 606. The van der Waals surface area contributed by atoms with E-state index in [2.05, 4.69) is 5.32 Å². The maximum absolute atomic E-state index is 13.3. The Hall–Kier alpha value is -1.66. The van der Waals surface area contributed by atoms with Crippen LogP contribution in [0.2, 0.25) is 5.02 Å². The van der Waals surface area contributed by atoms with Gasteiger partial charge in [-0.15, -0.1) is 0 Å². The van der Waals surface area contributed by atoms with Crippen LogP contribution in [0.25, 0.3) is 0 Å². The molecule has 1 aliphatic heterocycles. The third kappa shape index (κ3) is 5.68. The number of nitrogens with one attached hydrogen (secondary N) is 1. The van der Waals surface area contributed by atoms with Crippen LogP contribution < -0.4 is 5.32 Å². The molecule has 1 saturated heterocycles. The average Bonchev–Trinajstić information content (AvgIpc) is 2.64. The third-order valence-corrected chi connectivity index (χ3v) is 4.59. The summed E-state index contributed by atoms with van der Waals surface area (Å²) in [6.07, 6.45) is 2.09. The van der Waals surface area contributed by atoms with Gasteiger partial charge in [-0.1, -0.05) is 24.9 Å². The van der Waals surface area contributed by atoms with Crippen molar-refractivity contribution in [2.24, 2.45) is 0 Å². The molecule has 1 heterocycles. The number of amides is 2. The van der Waals surface area contributed by atoms with E-state index in [0.29, 0.717) is 38.2 Å². The number of carbonyl (C=O) groups is 2. The molecule has 0 saturated carbocycles. The SMILES string of the molecule is CCCCN(CCC(=O)N1CCNCC1)C(=O)c1ccc(F)c(Cl)c1. The summed E-state index contributed by atoms with van der Waals surface area (Å²) < 4.78 is 13.3. The molecule has 2 rings (SSSR count). The predicted molar refractivity (Wildman–Crippen MR) is 96.3 cm³/mol. The summed E-state index contributed by atoms with van der Waals surface area (Å²) in [6.45, 7) is 5.99. The number of benzene rings is 1. The highest BCUT2D eigenvalue weighted by Gasteiger charge is 2.20. The number of hydrogen-bond acceptors (Lipinski definition) is 3. The van der Waals surface area contributed by atoms with E-state index >= 15 is 0 Å². The predicted octanol–water partition coefficient (Wildman–Crippen LogP) is 2.54. The first kappa shape index (κ1) is 19.7. The second-order valence-electron chi connectivity index (χ2n) is 6.16. The fraction of sp³-hybridized carbons (Fsp3) is 0.556. The summed E-state index contributed by atoms with van der Waals surface area (Å²) in [5.41, 5.74) is 0.345. The Labute approximate surface area is 153 Å². The standard InChI is InChI=1S/C18H25ClFN3O2/c1-2-3-9-23(10-6-17(24)22-11-7-21-8-12-22)18(25)14-4-5-16(20)15(19)13-14/h4-5,13,21H,2-3,6-12H2,1H3. The fourth-order valence-electron chi connectivity index (χ4n) is 2.78. The van der Waals surface area contributed by atoms with Crippen molar-refractivity contribution in [1.82, 2.24) is 15.1 Å². The summed E-state index contributed by atoms with van der Waals surface area (Å²) in [5.74, 6) is -0.705. The minimum atomic E-state index is -0.549. The third-order valence-electron chi connectivity index (χ3n) is 4.30. The van der Waals surface area contributed by atoms with E-state index in [0.717, 1.165) is 25.9 Å². The highest BCUT2D eigenvalue weighted by atomic mass is 35.5. The van der Waals surface area contributed by atoms with Gasteiger partial charge in [-0.2, -0.15) is 0 Å². The normalized spacial score (nSPS) is 14.4. The molecule has 0 spiro atoms. The van der Waals surface area contributed by atoms with Crippen molar-refractivity contribution in [2.75, 3.05) is 39.3 Å². The minimum absolute atomic E-state index is 0.0629. The molecule has 0 atom stereocenters. The number of halogens is 2. The summed E-state index contributed by atoms with van der Waals surface area (Å²) in [7, 11) is 0. The van der Waals surface area contributed by atoms with Crippen LogP contribution in [-0.4, -0.2) is 60.9 Å². The van der Waals surface area contributed by atoms with Gasteiger partial charge in [-0.05, 0) is 24.6 Å². The van der Waals surface area contributed by atoms with Crippen molar-refractivity contribution in [3.05, 3.63) is 34.6 Å². The van der Waals surface area contributed by atoms with E-state index < -0.39 is 5.82 Å². The molecule has 1 N–H and O–H groups in total. The topological polar surface area (TPSA) is 52.7 Å².